The summed E-state index contributed by atoms with van der Waals surface area (Å²) in [6.45, 7) is 3.84. The van der Waals surface area contributed by atoms with Crippen molar-refractivity contribution in [2.75, 3.05) is 38.7 Å². The first-order valence-corrected chi connectivity index (χ1v) is 12.4. The molecule has 0 unspecified atom stereocenters. The normalized spacial score (nSPS) is 11.4. The molecule has 2 heterocycles. The highest BCUT2D eigenvalue weighted by Crippen LogP contribution is 2.33. The van der Waals surface area contributed by atoms with E-state index in [1.54, 1.807) is 16.4 Å². The Morgan fingerprint density at radius 2 is 1.97 bits per heavy atom. The van der Waals surface area contributed by atoms with Crippen LogP contribution >= 0.6 is 23.1 Å². The monoisotopic (exact) mass is 461 g/mol. The van der Waals surface area contributed by atoms with E-state index in [1.165, 1.54) is 30.6 Å². The molecule has 0 spiro atoms. The Kier molecular flexibility index (Phi) is 9.11. The first-order valence-electron chi connectivity index (χ1n) is 10.6. The third-order valence-electron chi connectivity index (χ3n) is 4.56. The van der Waals surface area contributed by atoms with Crippen molar-refractivity contribution < 1.29 is 4.74 Å². The SMILES string of the molecule is CCCCCCSc1nc(N)n(-c2nnc(-c3ccccc3OCCCN(C)C)s2)n1. The van der Waals surface area contributed by atoms with Crippen molar-refractivity contribution in [3.63, 3.8) is 0 Å². The summed E-state index contributed by atoms with van der Waals surface area (Å²) in [5, 5.41) is 15.2. The number of nitrogen functional groups attached to an aromatic ring is 1. The van der Waals surface area contributed by atoms with Gasteiger partial charge in [-0.3, -0.25) is 0 Å². The van der Waals surface area contributed by atoms with Gasteiger partial charge in [0.2, 0.25) is 16.2 Å². The molecule has 10 heteroatoms. The van der Waals surface area contributed by atoms with E-state index in [1.807, 2.05) is 24.3 Å². The van der Waals surface area contributed by atoms with Crippen LogP contribution in [0.1, 0.15) is 39.0 Å². The molecule has 0 atom stereocenters. The minimum atomic E-state index is 0.326. The highest BCUT2D eigenvalue weighted by Gasteiger charge is 2.16. The summed E-state index contributed by atoms with van der Waals surface area (Å²) in [6, 6.07) is 7.89. The van der Waals surface area contributed by atoms with Gasteiger partial charge in [0, 0.05) is 12.3 Å². The Bertz CT molecular complexity index is 941. The predicted octanol–water partition coefficient (Wildman–Crippen LogP) is 4.37. The zero-order valence-electron chi connectivity index (χ0n) is 18.5. The Morgan fingerprint density at radius 3 is 2.77 bits per heavy atom. The van der Waals surface area contributed by atoms with Gasteiger partial charge >= 0.3 is 0 Å². The van der Waals surface area contributed by atoms with E-state index in [0.29, 0.717) is 22.8 Å². The van der Waals surface area contributed by atoms with Crippen molar-refractivity contribution in [3.8, 4) is 21.5 Å². The number of anilines is 1. The highest BCUT2D eigenvalue weighted by molar-refractivity contribution is 7.99. The zero-order valence-corrected chi connectivity index (χ0v) is 20.1. The van der Waals surface area contributed by atoms with Crippen molar-refractivity contribution in [2.24, 2.45) is 0 Å². The summed E-state index contributed by atoms with van der Waals surface area (Å²) in [5.41, 5.74) is 7.01. The van der Waals surface area contributed by atoms with Crippen molar-refractivity contribution in [2.45, 2.75) is 44.2 Å². The summed E-state index contributed by atoms with van der Waals surface area (Å²) >= 11 is 3.05. The quantitative estimate of drug-likeness (QED) is 0.296. The second-order valence-electron chi connectivity index (χ2n) is 7.46. The second-order valence-corrected chi connectivity index (χ2v) is 9.48. The van der Waals surface area contributed by atoms with E-state index >= 15 is 0 Å². The summed E-state index contributed by atoms with van der Waals surface area (Å²) in [7, 11) is 4.12. The molecule has 0 bridgehead atoms. The summed E-state index contributed by atoms with van der Waals surface area (Å²) in [6.07, 6.45) is 5.83. The molecule has 2 aromatic heterocycles. The number of para-hydroxylation sites is 1. The second kappa shape index (κ2) is 12.0. The van der Waals surface area contributed by atoms with Crippen LogP contribution in [-0.4, -0.2) is 62.9 Å². The van der Waals surface area contributed by atoms with E-state index in [-0.39, 0.29) is 0 Å². The summed E-state index contributed by atoms with van der Waals surface area (Å²) in [4.78, 5) is 6.52. The lowest BCUT2D eigenvalue weighted by Crippen LogP contribution is -2.15. The summed E-state index contributed by atoms with van der Waals surface area (Å²) < 4.78 is 7.57. The standard InChI is InChI=1S/C21H31N7OS2/c1-4-5-6-9-15-30-20-23-19(22)28(26-20)21-25-24-18(31-21)16-11-7-8-12-17(16)29-14-10-13-27(2)3/h7-8,11-12H,4-6,9-10,13-15H2,1-3H3,(H2,22,23,26). The van der Waals surface area contributed by atoms with Gasteiger partial charge in [-0.05, 0) is 39.1 Å². The maximum Gasteiger partial charge on any atom is 0.236 e. The highest BCUT2D eigenvalue weighted by atomic mass is 32.2. The molecule has 0 saturated heterocycles. The van der Waals surface area contributed by atoms with Crippen LogP contribution in [0.5, 0.6) is 5.75 Å². The molecule has 0 aliphatic carbocycles. The minimum Gasteiger partial charge on any atom is -0.493 e. The van der Waals surface area contributed by atoms with Gasteiger partial charge in [0.25, 0.3) is 0 Å². The van der Waals surface area contributed by atoms with Gasteiger partial charge in [0.05, 0.1) is 12.2 Å². The fourth-order valence-corrected chi connectivity index (χ4v) is 4.60. The molecule has 0 fully saturated rings. The number of ether oxygens (including phenoxy) is 1. The fourth-order valence-electron chi connectivity index (χ4n) is 2.94. The molecule has 2 N–H and O–H groups in total. The number of thioether (sulfide) groups is 1. The topological polar surface area (TPSA) is 95.0 Å². The molecule has 3 aromatic rings. The van der Waals surface area contributed by atoms with Crippen LogP contribution in [0.4, 0.5) is 5.95 Å². The Labute approximate surface area is 192 Å². The van der Waals surface area contributed by atoms with Crippen molar-refractivity contribution in [1.29, 1.82) is 0 Å². The van der Waals surface area contributed by atoms with E-state index in [0.717, 1.165) is 41.5 Å². The first-order chi connectivity index (χ1) is 15.1. The fraction of sp³-hybridized carbons (Fsp3) is 0.524. The van der Waals surface area contributed by atoms with Crippen LogP contribution in [0.3, 0.4) is 0 Å². The molecule has 168 valence electrons. The number of hydrogen-bond acceptors (Lipinski definition) is 9. The molecular weight excluding hydrogens is 430 g/mol. The maximum absolute atomic E-state index is 6.09. The molecule has 0 aliphatic heterocycles. The Balaban J connectivity index is 1.67. The van der Waals surface area contributed by atoms with Gasteiger partial charge in [-0.2, -0.15) is 9.67 Å². The van der Waals surface area contributed by atoms with Crippen LogP contribution in [-0.2, 0) is 0 Å². The van der Waals surface area contributed by atoms with Crippen LogP contribution in [0.15, 0.2) is 29.4 Å². The number of hydrogen-bond donors (Lipinski definition) is 1. The Hall–Kier alpha value is -2.17. The lowest BCUT2D eigenvalue weighted by Gasteiger charge is -2.12. The van der Waals surface area contributed by atoms with Crippen molar-refractivity contribution in [3.05, 3.63) is 24.3 Å². The molecule has 1 aromatic carbocycles. The van der Waals surface area contributed by atoms with Gasteiger partial charge in [-0.15, -0.1) is 15.3 Å². The lowest BCUT2D eigenvalue weighted by atomic mass is 10.2. The third-order valence-corrected chi connectivity index (χ3v) is 6.42. The number of nitrogens with two attached hydrogens (primary N) is 1. The maximum atomic E-state index is 6.09. The van der Waals surface area contributed by atoms with E-state index < -0.39 is 0 Å². The van der Waals surface area contributed by atoms with Gasteiger partial charge in [0.1, 0.15) is 5.75 Å². The lowest BCUT2D eigenvalue weighted by molar-refractivity contribution is 0.282. The first kappa shape index (κ1) is 23.5. The van der Waals surface area contributed by atoms with Crippen molar-refractivity contribution >= 4 is 29.0 Å². The largest absolute Gasteiger partial charge is 0.493 e. The molecule has 0 radical (unpaired) electrons. The number of unbranched alkanes of at least 4 members (excludes halogenated alkanes) is 3. The molecular formula is C21H31N7OS2. The van der Waals surface area contributed by atoms with E-state index in [4.69, 9.17) is 10.5 Å². The molecule has 3 rings (SSSR count). The summed E-state index contributed by atoms with van der Waals surface area (Å²) in [5.74, 6) is 2.12. The smallest absolute Gasteiger partial charge is 0.236 e. The predicted molar refractivity (Wildman–Crippen MR) is 128 cm³/mol. The van der Waals surface area contributed by atoms with Gasteiger partial charge in [-0.25, -0.2) is 0 Å². The third kappa shape index (κ3) is 6.91. The minimum absolute atomic E-state index is 0.326. The number of aromatic nitrogens is 5. The molecule has 8 nitrogen and oxygen atoms in total. The van der Waals surface area contributed by atoms with Crippen molar-refractivity contribution in [1.82, 2.24) is 29.9 Å². The Morgan fingerprint density at radius 1 is 1.13 bits per heavy atom. The molecule has 31 heavy (non-hydrogen) atoms. The van der Waals surface area contributed by atoms with Crippen LogP contribution < -0.4 is 10.5 Å². The van der Waals surface area contributed by atoms with Crippen LogP contribution in [0, 0.1) is 0 Å². The van der Waals surface area contributed by atoms with Gasteiger partial charge < -0.3 is 15.4 Å². The van der Waals surface area contributed by atoms with E-state index in [2.05, 4.69) is 46.2 Å². The van der Waals surface area contributed by atoms with Crippen LogP contribution in [0.25, 0.3) is 15.7 Å². The molecule has 0 saturated carbocycles. The number of benzene rings is 1. The molecule has 0 aliphatic rings. The number of rotatable bonds is 13. The molecule has 0 amide bonds. The average molecular weight is 462 g/mol. The number of nitrogens with zero attached hydrogens (tertiary/aromatic N) is 6. The van der Waals surface area contributed by atoms with Gasteiger partial charge in [-0.1, -0.05) is 61.4 Å². The average Bonchev–Trinajstić information content (AvgIpc) is 3.38. The van der Waals surface area contributed by atoms with Gasteiger partial charge in [0.15, 0.2) is 5.01 Å². The van der Waals surface area contributed by atoms with E-state index in [9.17, 15) is 0 Å². The van der Waals surface area contributed by atoms with Crippen LogP contribution in [0.2, 0.25) is 0 Å². The zero-order chi connectivity index (χ0) is 22.1.